The van der Waals surface area contributed by atoms with Gasteiger partial charge in [0.2, 0.25) is 0 Å². The number of carbonyl (C=O) groups excluding carboxylic acids is 1. The first-order chi connectivity index (χ1) is 13.5. The first-order valence-electron chi connectivity index (χ1n) is 8.48. The summed E-state index contributed by atoms with van der Waals surface area (Å²) in [4.78, 5) is 13.9. The molecule has 136 valence electrons. The molecule has 0 atom stereocenters. The van der Waals surface area contributed by atoms with E-state index in [0.717, 1.165) is 17.3 Å². The lowest BCUT2D eigenvalue weighted by Crippen LogP contribution is -2.13. The van der Waals surface area contributed by atoms with E-state index < -0.39 is 11.7 Å². The zero-order valence-electron chi connectivity index (χ0n) is 14.8. The monoisotopic (exact) mass is 371 g/mol. The largest absolute Gasteiger partial charge is 0.322 e. The van der Waals surface area contributed by atoms with E-state index in [-0.39, 0.29) is 11.1 Å². The summed E-state index contributed by atoms with van der Waals surface area (Å²) in [5, 5.41) is 20.3. The van der Waals surface area contributed by atoms with Crippen molar-refractivity contribution in [3.8, 4) is 11.8 Å². The average molecular weight is 371 g/mol. The van der Waals surface area contributed by atoms with E-state index in [0.29, 0.717) is 16.7 Å². The van der Waals surface area contributed by atoms with Gasteiger partial charge in [-0.15, -0.1) is 10.2 Å². The standard InChI is InChI=1S/C21H14FN5O/c1-13-2-6-16(7-3-13)27-25-19-9-5-15(11-20(19)26-27)24-21(28)17-8-4-14(12-23)10-18(17)22/h2-11H,1H3,(H,24,28). The van der Waals surface area contributed by atoms with Crippen molar-refractivity contribution in [2.45, 2.75) is 6.92 Å². The molecule has 0 saturated carbocycles. The number of nitrogens with zero attached hydrogens (tertiary/aromatic N) is 4. The van der Waals surface area contributed by atoms with Crippen LogP contribution in [0.15, 0.2) is 60.7 Å². The number of nitriles is 1. The maximum atomic E-state index is 14.0. The lowest BCUT2D eigenvalue weighted by molar-refractivity contribution is 0.102. The summed E-state index contributed by atoms with van der Waals surface area (Å²) >= 11 is 0. The minimum atomic E-state index is -0.747. The van der Waals surface area contributed by atoms with Crippen LogP contribution in [-0.4, -0.2) is 20.9 Å². The topological polar surface area (TPSA) is 83.6 Å². The van der Waals surface area contributed by atoms with E-state index in [1.807, 2.05) is 37.3 Å². The zero-order chi connectivity index (χ0) is 19.7. The van der Waals surface area contributed by atoms with E-state index in [4.69, 9.17) is 5.26 Å². The van der Waals surface area contributed by atoms with Gasteiger partial charge in [-0.25, -0.2) is 4.39 Å². The highest BCUT2D eigenvalue weighted by atomic mass is 19.1. The van der Waals surface area contributed by atoms with Crippen molar-refractivity contribution < 1.29 is 9.18 Å². The summed E-state index contributed by atoms with van der Waals surface area (Å²) in [6, 6.07) is 18.4. The maximum Gasteiger partial charge on any atom is 0.258 e. The molecule has 0 fully saturated rings. The first-order valence-corrected chi connectivity index (χ1v) is 8.48. The summed E-state index contributed by atoms with van der Waals surface area (Å²) < 4.78 is 14.0. The van der Waals surface area contributed by atoms with Gasteiger partial charge in [0.05, 0.1) is 22.9 Å². The number of rotatable bonds is 3. The van der Waals surface area contributed by atoms with Crippen LogP contribution in [-0.2, 0) is 0 Å². The summed E-state index contributed by atoms with van der Waals surface area (Å²) in [5.41, 5.74) is 3.72. The zero-order valence-corrected chi connectivity index (χ0v) is 14.8. The lowest BCUT2D eigenvalue weighted by atomic mass is 10.1. The Balaban J connectivity index is 1.60. The highest BCUT2D eigenvalue weighted by molar-refractivity contribution is 6.05. The number of halogens is 1. The number of aryl methyl sites for hydroxylation is 1. The minimum Gasteiger partial charge on any atom is -0.322 e. The lowest BCUT2D eigenvalue weighted by Gasteiger charge is -2.06. The molecule has 6 nitrogen and oxygen atoms in total. The molecule has 0 aliphatic heterocycles. The van der Waals surface area contributed by atoms with Crippen molar-refractivity contribution in [3.05, 3.63) is 83.2 Å². The molecule has 7 heteroatoms. The van der Waals surface area contributed by atoms with E-state index in [1.54, 1.807) is 18.2 Å². The maximum absolute atomic E-state index is 14.0. The molecule has 1 amide bonds. The SMILES string of the molecule is Cc1ccc(-n2nc3ccc(NC(=O)c4ccc(C#N)cc4F)cc3n2)cc1. The Morgan fingerprint density at radius 2 is 1.79 bits per heavy atom. The molecular formula is C21H14FN5O. The van der Waals surface area contributed by atoms with Gasteiger partial charge < -0.3 is 5.32 Å². The number of nitrogens with one attached hydrogen (secondary N) is 1. The fraction of sp³-hybridized carbons (Fsp3) is 0.0476. The fourth-order valence-electron chi connectivity index (χ4n) is 2.75. The molecule has 1 N–H and O–H groups in total. The summed E-state index contributed by atoms with van der Waals surface area (Å²) in [6.45, 7) is 2.00. The van der Waals surface area contributed by atoms with Gasteiger partial charge in [-0.05, 0) is 55.5 Å². The molecule has 0 spiro atoms. The van der Waals surface area contributed by atoms with Crippen LogP contribution in [0.3, 0.4) is 0 Å². The van der Waals surface area contributed by atoms with Crippen molar-refractivity contribution >= 4 is 22.6 Å². The van der Waals surface area contributed by atoms with Crippen LogP contribution >= 0.6 is 0 Å². The number of anilines is 1. The third kappa shape index (κ3) is 3.31. The van der Waals surface area contributed by atoms with Gasteiger partial charge in [0, 0.05) is 5.69 Å². The molecule has 0 unspecified atom stereocenters. The van der Waals surface area contributed by atoms with Crippen LogP contribution in [0.5, 0.6) is 0 Å². The molecular weight excluding hydrogens is 357 g/mol. The molecule has 4 aromatic rings. The van der Waals surface area contributed by atoms with Crippen LogP contribution in [0.1, 0.15) is 21.5 Å². The minimum absolute atomic E-state index is 0.137. The van der Waals surface area contributed by atoms with Gasteiger partial charge in [-0.3, -0.25) is 4.79 Å². The summed E-state index contributed by atoms with van der Waals surface area (Å²) in [5.74, 6) is -1.35. The Labute approximate surface area is 159 Å². The number of fused-ring (bicyclic) bond motifs is 1. The molecule has 0 aliphatic carbocycles. The summed E-state index contributed by atoms with van der Waals surface area (Å²) in [6.07, 6.45) is 0. The highest BCUT2D eigenvalue weighted by Crippen LogP contribution is 2.19. The second kappa shape index (κ2) is 6.93. The van der Waals surface area contributed by atoms with Crippen molar-refractivity contribution in [3.63, 3.8) is 0 Å². The second-order valence-corrected chi connectivity index (χ2v) is 6.29. The number of aromatic nitrogens is 3. The number of hydrogen-bond acceptors (Lipinski definition) is 4. The van der Waals surface area contributed by atoms with Gasteiger partial charge in [-0.1, -0.05) is 17.7 Å². The third-order valence-electron chi connectivity index (χ3n) is 4.25. The smallest absolute Gasteiger partial charge is 0.258 e. The third-order valence-corrected chi connectivity index (χ3v) is 4.25. The van der Waals surface area contributed by atoms with E-state index in [9.17, 15) is 9.18 Å². The van der Waals surface area contributed by atoms with Gasteiger partial charge >= 0.3 is 0 Å². The predicted molar refractivity (Wildman–Crippen MR) is 103 cm³/mol. The molecule has 0 radical (unpaired) electrons. The molecule has 0 saturated heterocycles. The molecule has 0 aliphatic rings. The fourth-order valence-corrected chi connectivity index (χ4v) is 2.75. The number of amides is 1. The van der Waals surface area contributed by atoms with Gasteiger partial charge in [-0.2, -0.15) is 10.1 Å². The predicted octanol–water partition coefficient (Wildman–Crippen LogP) is 3.99. The van der Waals surface area contributed by atoms with E-state index >= 15 is 0 Å². The molecule has 1 heterocycles. The Hall–Kier alpha value is -4.05. The highest BCUT2D eigenvalue weighted by Gasteiger charge is 2.13. The van der Waals surface area contributed by atoms with Crippen molar-refractivity contribution in [2.24, 2.45) is 0 Å². The van der Waals surface area contributed by atoms with Crippen LogP contribution in [0.4, 0.5) is 10.1 Å². The van der Waals surface area contributed by atoms with Crippen molar-refractivity contribution in [2.75, 3.05) is 5.32 Å². The molecule has 4 rings (SSSR count). The van der Waals surface area contributed by atoms with Crippen LogP contribution in [0, 0.1) is 24.1 Å². The molecule has 1 aromatic heterocycles. The van der Waals surface area contributed by atoms with Gasteiger partial charge in [0.25, 0.3) is 5.91 Å². The van der Waals surface area contributed by atoms with Crippen LogP contribution in [0.25, 0.3) is 16.7 Å². The van der Waals surface area contributed by atoms with E-state index in [1.165, 1.54) is 16.9 Å². The Bertz CT molecular complexity index is 1240. The number of benzene rings is 3. The number of hydrogen-bond donors (Lipinski definition) is 1. The van der Waals surface area contributed by atoms with Gasteiger partial charge in [0.15, 0.2) is 0 Å². The average Bonchev–Trinajstić information content (AvgIpc) is 3.11. The normalized spacial score (nSPS) is 10.6. The van der Waals surface area contributed by atoms with E-state index in [2.05, 4.69) is 15.5 Å². The molecule has 3 aromatic carbocycles. The second-order valence-electron chi connectivity index (χ2n) is 6.29. The Morgan fingerprint density at radius 3 is 2.50 bits per heavy atom. The molecule has 0 bridgehead atoms. The Morgan fingerprint density at radius 1 is 1.04 bits per heavy atom. The molecule has 28 heavy (non-hydrogen) atoms. The summed E-state index contributed by atoms with van der Waals surface area (Å²) in [7, 11) is 0. The van der Waals surface area contributed by atoms with Crippen LogP contribution in [0.2, 0.25) is 0 Å². The Kier molecular flexibility index (Phi) is 4.30. The van der Waals surface area contributed by atoms with Crippen molar-refractivity contribution in [1.82, 2.24) is 15.0 Å². The quantitative estimate of drug-likeness (QED) is 0.590. The van der Waals surface area contributed by atoms with Crippen LogP contribution < -0.4 is 5.32 Å². The number of carbonyl (C=O) groups is 1. The first kappa shape index (κ1) is 17.4. The van der Waals surface area contributed by atoms with Gasteiger partial charge in [0.1, 0.15) is 16.9 Å². The van der Waals surface area contributed by atoms with Crippen molar-refractivity contribution in [1.29, 1.82) is 5.26 Å².